The Balaban J connectivity index is 1.83. The predicted octanol–water partition coefficient (Wildman–Crippen LogP) is 3.04. The largest absolute Gasteiger partial charge is 0.347 e. The molecule has 1 heterocycles. The second-order valence-electron chi connectivity index (χ2n) is 4.96. The standard InChI is InChI=1S/C14H14FNO4/c15-13-9-11(16(17)18)1-2-12(13)10-3-5-14(6-4-10)19-7-8-20-14/h1-3,9H,4-8H2. The Morgan fingerprint density at radius 1 is 1.30 bits per heavy atom. The Hall–Kier alpha value is -1.79. The number of nitro groups is 1. The van der Waals surface area contributed by atoms with Crippen molar-refractivity contribution in [1.29, 1.82) is 0 Å². The van der Waals surface area contributed by atoms with Crippen molar-refractivity contribution in [2.75, 3.05) is 13.2 Å². The van der Waals surface area contributed by atoms with Crippen LogP contribution < -0.4 is 0 Å². The first-order valence-electron chi connectivity index (χ1n) is 6.51. The number of hydrogen-bond donors (Lipinski definition) is 0. The fraction of sp³-hybridized carbons (Fsp3) is 0.429. The fourth-order valence-corrected chi connectivity index (χ4v) is 2.69. The summed E-state index contributed by atoms with van der Waals surface area (Å²) in [5, 5.41) is 10.6. The SMILES string of the molecule is O=[N+]([O-])c1ccc(C2=CCC3(CC2)OCCO3)c(F)c1. The van der Waals surface area contributed by atoms with Gasteiger partial charge in [0, 0.05) is 24.5 Å². The Kier molecular flexibility index (Phi) is 3.27. The van der Waals surface area contributed by atoms with E-state index in [1.54, 1.807) is 0 Å². The number of rotatable bonds is 2. The summed E-state index contributed by atoms with van der Waals surface area (Å²) in [6, 6.07) is 3.75. The van der Waals surface area contributed by atoms with Gasteiger partial charge in [0.15, 0.2) is 5.79 Å². The molecule has 6 heteroatoms. The highest BCUT2D eigenvalue weighted by molar-refractivity contribution is 5.68. The van der Waals surface area contributed by atoms with E-state index in [4.69, 9.17) is 9.47 Å². The van der Waals surface area contributed by atoms with E-state index in [1.807, 2.05) is 6.08 Å². The highest BCUT2D eigenvalue weighted by atomic mass is 19.1. The number of ether oxygens (including phenoxy) is 2. The zero-order chi connectivity index (χ0) is 14.2. The summed E-state index contributed by atoms with van der Waals surface area (Å²) in [5.74, 6) is -1.10. The van der Waals surface area contributed by atoms with Crippen LogP contribution in [0.5, 0.6) is 0 Å². The van der Waals surface area contributed by atoms with Crippen molar-refractivity contribution < 1.29 is 18.8 Å². The normalized spacial score (nSPS) is 20.9. The van der Waals surface area contributed by atoms with E-state index in [0.29, 0.717) is 38.0 Å². The van der Waals surface area contributed by atoms with Gasteiger partial charge in [0.05, 0.1) is 24.2 Å². The summed E-state index contributed by atoms with van der Waals surface area (Å²) < 4.78 is 25.1. The molecule has 1 spiro atoms. The Bertz CT molecular complexity index is 579. The number of non-ortho nitro benzene ring substituents is 1. The molecule has 0 saturated carbocycles. The Labute approximate surface area is 115 Å². The number of nitro benzene ring substituents is 1. The maximum Gasteiger partial charge on any atom is 0.272 e. The molecule has 0 N–H and O–H groups in total. The zero-order valence-corrected chi connectivity index (χ0v) is 10.8. The van der Waals surface area contributed by atoms with E-state index in [1.165, 1.54) is 12.1 Å². The summed E-state index contributed by atoms with van der Waals surface area (Å²) in [4.78, 5) is 10.0. The van der Waals surface area contributed by atoms with Crippen LogP contribution in [0.3, 0.4) is 0 Å². The van der Waals surface area contributed by atoms with Crippen LogP contribution >= 0.6 is 0 Å². The van der Waals surface area contributed by atoms with Crippen LogP contribution in [0.25, 0.3) is 5.57 Å². The van der Waals surface area contributed by atoms with Gasteiger partial charge in [0.1, 0.15) is 5.82 Å². The van der Waals surface area contributed by atoms with Gasteiger partial charge >= 0.3 is 0 Å². The van der Waals surface area contributed by atoms with E-state index in [9.17, 15) is 14.5 Å². The fourth-order valence-electron chi connectivity index (χ4n) is 2.69. The van der Waals surface area contributed by atoms with Crippen LogP contribution in [-0.4, -0.2) is 23.9 Å². The van der Waals surface area contributed by atoms with Crippen molar-refractivity contribution >= 4 is 11.3 Å². The lowest BCUT2D eigenvalue weighted by molar-refractivity contribution is -0.385. The minimum atomic E-state index is -0.600. The molecule has 1 aromatic carbocycles. The number of hydrogen-bond acceptors (Lipinski definition) is 4. The number of halogens is 1. The molecule has 0 atom stereocenters. The van der Waals surface area contributed by atoms with Crippen molar-refractivity contribution in [3.8, 4) is 0 Å². The second kappa shape index (κ2) is 4.96. The molecule has 0 amide bonds. The van der Waals surface area contributed by atoms with Crippen LogP contribution in [0.15, 0.2) is 24.3 Å². The molecule has 2 aliphatic rings. The van der Waals surface area contributed by atoms with Gasteiger partial charge in [0.2, 0.25) is 0 Å². The molecular weight excluding hydrogens is 265 g/mol. The quantitative estimate of drug-likeness (QED) is 0.616. The molecule has 20 heavy (non-hydrogen) atoms. The number of benzene rings is 1. The molecule has 1 saturated heterocycles. The first-order valence-corrected chi connectivity index (χ1v) is 6.51. The molecular formula is C14H14FNO4. The van der Waals surface area contributed by atoms with Crippen LogP contribution in [-0.2, 0) is 9.47 Å². The lowest BCUT2D eigenvalue weighted by Gasteiger charge is -2.30. The topological polar surface area (TPSA) is 61.6 Å². The summed E-state index contributed by atoms with van der Waals surface area (Å²) >= 11 is 0. The summed E-state index contributed by atoms with van der Waals surface area (Å²) in [6.45, 7) is 1.18. The van der Waals surface area contributed by atoms with Crippen molar-refractivity contribution in [2.45, 2.75) is 25.0 Å². The summed E-state index contributed by atoms with van der Waals surface area (Å²) in [7, 11) is 0. The van der Waals surface area contributed by atoms with E-state index < -0.39 is 16.5 Å². The second-order valence-corrected chi connectivity index (χ2v) is 4.96. The first kappa shape index (κ1) is 13.2. The molecule has 1 fully saturated rings. The zero-order valence-electron chi connectivity index (χ0n) is 10.8. The molecule has 0 radical (unpaired) electrons. The third-order valence-electron chi connectivity index (χ3n) is 3.76. The van der Waals surface area contributed by atoms with Crippen LogP contribution in [0.1, 0.15) is 24.8 Å². The third kappa shape index (κ3) is 2.32. The van der Waals surface area contributed by atoms with Crippen molar-refractivity contribution in [3.63, 3.8) is 0 Å². The third-order valence-corrected chi connectivity index (χ3v) is 3.76. The highest BCUT2D eigenvalue weighted by Gasteiger charge is 2.38. The molecule has 1 aliphatic heterocycles. The van der Waals surface area contributed by atoms with E-state index >= 15 is 0 Å². The average Bonchev–Trinajstić information content (AvgIpc) is 2.88. The van der Waals surface area contributed by atoms with E-state index in [0.717, 1.165) is 11.6 Å². The Morgan fingerprint density at radius 3 is 2.60 bits per heavy atom. The highest BCUT2D eigenvalue weighted by Crippen LogP contribution is 2.39. The summed E-state index contributed by atoms with van der Waals surface area (Å²) in [5.41, 5.74) is 1.03. The molecule has 1 aliphatic carbocycles. The van der Waals surface area contributed by atoms with Crippen LogP contribution in [0.2, 0.25) is 0 Å². The smallest absolute Gasteiger partial charge is 0.272 e. The minimum absolute atomic E-state index is 0.235. The molecule has 0 aromatic heterocycles. The first-order chi connectivity index (χ1) is 9.60. The minimum Gasteiger partial charge on any atom is -0.347 e. The Morgan fingerprint density at radius 2 is 2.05 bits per heavy atom. The number of nitrogens with zero attached hydrogens (tertiary/aromatic N) is 1. The van der Waals surface area contributed by atoms with Gasteiger partial charge in [-0.2, -0.15) is 0 Å². The molecule has 3 rings (SSSR count). The van der Waals surface area contributed by atoms with Gasteiger partial charge < -0.3 is 9.47 Å². The van der Waals surface area contributed by atoms with E-state index in [-0.39, 0.29) is 5.69 Å². The average molecular weight is 279 g/mol. The van der Waals surface area contributed by atoms with Crippen LogP contribution in [0.4, 0.5) is 10.1 Å². The molecule has 0 unspecified atom stereocenters. The predicted molar refractivity (Wildman–Crippen MR) is 69.5 cm³/mol. The van der Waals surface area contributed by atoms with Gasteiger partial charge in [-0.05, 0) is 18.1 Å². The van der Waals surface area contributed by atoms with Gasteiger partial charge in [-0.3, -0.25) is 10.1 Å². The van der Waals surface area contributed by atoms with Gasteiger partial charge in [-0.25, -0.2) is 4.39 Å². The van der Waals surface area contributed by atoms with E-state index in [2.05, 4.69) is 0 Å². The maximum atomic E-state index is 14.0. The van der Waals surface area contributed by atoms with Gasteiger partial charge in [-0.15, -0.1) is 0 Å². The van der Waals surface area contributed by atoms with Crippen molar-refractivity contribution in [1.82, 2.24) is 0 Å². The molecule has 1 aromatic rings. The van der Waals surface area contributed by atoms with Crippen molar-refractivity contribution in [3.05, 3.63) is 45.8 Å². The van der Waals surface area contributed by atoms with Crippen molar-refractivity contribution in [2.24, 2.45) is 0 Å². The van der Waals surface area contributed by atoms with Gasteiger partial charge in [0.25, 0.3) is 5.69 Å². The van der Waals surface area contributed by atoms with Gasteiger partial charge in [-0.1, -0.05) is 6.08 Å². The lowest BCUT2D eigenvalue weighted by atomic mass is 9.89. The maximum absolute atomic E-state index is 14.0. The lowest BCUT2D eigenvalue weighted by Crippen LogP contribution is -2.31. The summed E-state index contributed by atoms with van der Waals surface area (Å²) in [6.07, 6.45) is 3.79. The monoisotopic (exact) mass is 279 g/mol. The molecule has 106 valence electrons. The molecule has 0 bridgehead atoms. The number of allylic oxidation sites excluding steroid dienone is 1. The van der Waals surface area contributed by atoms with Crippen LogP contribution in [0, 0.1) is 15.9 Å². The molecule has 5 nitrogen and oxygen atoms in total.